The molecule has 150 valence electrons. The van der Waals surface area contributed by atoms with Gasteiger partial charge in [0.05, 0.1) is 19.1 Å². The van der Waals surface area contributed by atoms with Gasteiger partial charge in [0.2, 0.25) is 0 Å². The number of carbonyl (C=O) groups is 2. The van der Waals surface area contributed by atoms with Crippen LogP contribution < -0.4 is 5.32 Å². The van der Waals surface area contributed by atoms with E-state index in [1.54, 1.807) is 24.3 Å². The summed E-state index contributed by atoms with van der Waals surface area (Å²) in [5.41, 5.74) is 0.0369. The number of hydrogen-bond donors (Lipinski definition) is 1. The SMILES string of the molecule is COC(=O)Cc1cccc(NC(=O)c2ccc(-c3ccccc3C(F)(F)F)o2)c1. The number of hydrogen-bond acceptors (Lipinski definition) is 4. The minimum absolute atomic E-state index is 0.0410. The molecule has 5 nitrogen and oxygen atoms in total. The molecule has 3 rings (SSSR count). The smallest absolute Gasteiger partial charge is 0.417 e. The number of carbonyl (C=O) groups excluding carboxylic acids is 2. The lowest BCUT2D eigenvalue weighted by Gasteiger charge is -2.10. The van der Waals surface area contributed by atoms with Gasteiger partial charge in [-0.25, -0.2) is 0 Å². The van der Waals surface area contributed by atoms with Crippen molar-refractivity contribution in [1.29, 1.82) is 0 Å². The maximum atomic E-state index is 13.2. The second-order valence-corrected chi connectivity index (χ2v) is 6.11. The molecule has 1 heterocycles. The predicted octanol–water partition coefficient (Wildman–Crippen LogP) is 4.93. The van der Waals surface area contributed by atoms with Crippen molar-refractivity contribution in [2.24, 2.45) is 0 Å². The third-order valence-corrected chi connectivity index (χ3v) is 4.09. The van der Waals surface area contributed by atoms with Gasteiger partial charge in [0.15, 0.2) is 5.76 Å². The molecule has 2 aromatic carbocycles. The molecular weight excluding hydrogens is 387 g/mol. The van der Waals surface area contributed by atoms with Crippen LogP contribution in [0.2, 0.25) is 0 Å². The van der Waals surface area contributed by atoms with Crippen LogP contribution >= 0.6 is 0 Å². The largest absolute Gasteiger partial charge is 0.469 e. The van der Waals surface area contributed by atoms with E-state index in [1.807, 2.05) is 0 Å². The maximum Gasteiger partial charge on any atom is 0.417 e. The van der Waals surface area contributed by atoms with Crippen LogP contribution in [0.15, 0.2) is 65.1 Å². The number of ether oxygens (including phenoxy) is 1. The van der Waals surface area contributed by atoms with Gasteiger partial charge in [0, 0.05) is 11.3 Å². The van der Waals surface area contributed by atoms with E-state index in [9.17, 15) is 22.8 Å². The second kappa shape index (κ2) is 8.22. The Morgan fingerprint density at radius 2 is 1.79 bits per heavy atom. The zero-order valence-electron chi connectivity index (χ0n) is 15.2. The number of alkyl halides is 3. The lowest BCUT2D eigenvalue weighted by molar-refractivity contribution is -0.140. The van der Waals surface area contributed by atoms with Crippen molar-refractivity contribution in [1.82, 2.24) is 0 Å². The summed E-state index contributed by atoms with van der Waals surface area (Å²) in [5, 5.41) is 2.59. The predicted molar refractivity (Wildman–Crippen MR) is 99.3 cm³/mol. The number of furan rings is 1. The molecule has 1 aromatic heterocycles. The molecule has 29 heavy (non-hydrogen) atoms. The van der Waals surface area contributed by atoms with Crippen LogP contribution in [0.1, 0.15) is 21.7 Å². The normalized spacial score (nSPS) is 11.2. The summed E-state index contributed by atoms with van der Waals surface area (Å²) in [5.74, 6) is -1.26. The number of anilines is 1. The summed E-state index contributed by atoms with van der Waals surface area (Å²) < 4.78 is 49.5. The highest BCUT2D eigenvalue weighted by molar-refractivity contribution is 6.02. The number of amides is 1. The van der Waals surface area contributed by atoms with Gasteiger partial charge in [-0.3, -0.25) is 9.59 Å². The monoisotopic (exact) mass is 403 g/mol. The zero-order valence-corrected chi connectivity index (χ0v) is 15.2. The molecule has 0 radical (unpaired) electrons. The van der Waals surface area contributed by atoms with E-state index in [4.69, 9.17) is 4.42 Å². The molecule has 0 atom stereocenters. The number of halogens is 3. The van der Waals surface area contributed by atoms with Crippen molar-refractivity contribution in [3.05, 3.63) is 77.6 Å². The Bertz CT molecular complexity index is 1040. The highest BCUT2D eigenvalue weighted by atomic mass is 19.4. The maximum absolute atomic E-state index is 13.2. The first kappa shape index (κ1) is 20.2. The highest BCUT2D eigenvalue weighted by Crippen LogP contribution is 2.37. The van der Waals surface area contributed by atoms with Crippen LogP contribution in [-0.4, -0.2) is 19.0 Å². The summed E-state index contributed by atoms with van der Waals surface area (Å²) in [6, 6.07) is 14.1. The Morgan fingerprint density at radius 3 is 2.52 bits per heavy atom. The van der Waals surface area contributed by atoms with Gasteiger partial charge in [-0.05, 0) is 35.9 Å². The summed E-state index contributed by atoms with van der Waals surface area (Å²) in [7, 11) is 1.28. The molecule has 1 N–H and O–H groups in total. The fourth-order valence-corrected chi connectivity index (χ4v) is 2.74. The fraction of sp³-hybridized carbons (Fsp3) is 0.143. The quantitative estimate of drug-likeness (QED) is 0.613. The van der Waals surface area contributed by atoms with Crippen molar-refractivity contribution < 1.29 is 31.9 Å². The lowest BCUT2D eigenvalue weighted by atomic mass is 10.1. The van der Waals surface area contributed by atoms with E-state index in [0.717, 1.165) is 6.07 Å². The Labute approximate surface area is 164 Å². The van der Waals surface area contributed by atoms with E-state index in [0.29, 0.717) is 11.3 Å². The molecule has 8 heteroatoms. The van der Waals surface area contributed by atoms with E-state index in [-0.39, 0.29) is 23.5 Å². The van der Waals surface area contributed by atoms with Crippen LogP contribution in [0.4, 0.5) is 18.9 Å². The molecule has 0 saturated carbocycles. The molecule has 0 spiro atoms. The van der Waals surface area contributed by atoms with Gasteiger partial charge < -0.3 is 14.5 Å². The Kier molecular flexibility index (Phi) is 5.72. The first-order valence-electron chi connectivity index (χ1n) is 8.51. The highest BCUT2D eigenvalue weighted by Gasteiger charge is 2.34. The molecule has 3 aromatic rings. The molecule has 0 aliphatic carbocycles. The van der Waals surface area contributed by atoms with Crippen molar-refractivity contribution >= 4 is 17.6 Å². The number of methoxy groups -OCH3 is 1. The summed E-state index contributed by atoms with van der Waals surface area (Å²) in [6.07, 6.45) is -4.51. The number of benzene rings is 2. The third kappa shape index (κ3) is 4.84. The van der Waals surface area contributed by atoms with Gasteiger partial charge in [-0.15, -0.1) is 0 Å². The molecule has 0 bridgehead atoms. The topological polar surface area (TPSA) is 68.5 Å². The van der Waals surface area contributed by atoms with E-state index in [2.05, 4.69) is 10.1 Å². The number of nitrogens with one attached hydrogen (secondary N) is 1. The van der Waals surface area contributed by atoms with Crippen molar-refractivity contribution in [2.75, 3.05) is 12.4 Å². The van der Waals surface area contributed by atoms with Crippen LogP contribution in [-0.2, 0) is 22.1 Å². The van der Waals surface area contributed by atoms with Gasteiger partial charge in [0.25, 0.3) is 5.91 Å². The van der Waals surface area contributed by atoms with E-state index in [1.165, 1.54) is 37.4 Å². The van der Waals surface area contributed by atoms with Crippen LogP contribution in [0.25, 0.3) is 11.3 Å². The minimum Gasteiger partial charge on any atom is -0.469 e. The zero-order chi connectivity index (χ0) is 21.0. The average Bonchev–Trinajstić information content (AvgIpc) is 3.18. The standard InChI is InChI=1S/C21H16F3NO4/c1-28-19(26)12-13-5-4-6-14(11-13)25-20(27)18-10-9-17(29-18)15-7-2-3-8-16(15)21(22,23)24/h2-11H,12H2,1H3,(H,25,27). The van der Waals surface area contributed by atoms with Crippen LogP contribution in [0, 0.1) is 0 Å². The van der Waals surface area contributed by atoms with Crippen molar-refractivity contribution in [2.45, 2.75) is 12.6 Å². The van der Waals surface area contributed by atoms with E-state index >= 15 is 0 Å². The van der Waals surface area contributed by atoms with Crippen LogP contribution in [0.5, 0.6) is 0 Å². The Balaban J connectivity index is 1.79. The summed E-state index contributed by atoms with van der Waals surface area (Å²) in [6.45, 7) is 0. The molecule has 1 amide bonds. The van der Waals surface area contributed by atoms with Crippen LogP contribution in [0.3, 0.4) is 0 Å². The van der Waals surface area contributed by atoms with Gasteiger partial charge in [0.1, 0.15) is 5.76 Å². The van der Waals surface area contributed by atoms with Crippen molar-refractivity contribution in [3.8, 4) is 11.3 Å². The molecule has 0 aliphatic heterocycles. The van der Waals surface area contributed by atoms with Gasteiger partial charge in [-0.2, -0.15) is 13.2 Å². The van der Waals surface area contributed by atoms with Gasteiger partial charge in [-0.1, -0.05) is 30.3 Å². The Morgan fingerprint density at radius 1 is 1.03 bits per heavy atom. The summed E-state index contributed by atoms with van der Waals surface area (Å²) >= 11 is 0. The van der Waals surface area contributed by atoms with Gasteiger partial charge >= 0.3 is 12.1 Å². The minimum atomic E-state index is -4.55. The van der Waals surface area contributed by atoms with E-state index < -0.39 is 23.6 Å². The third-order valence-electron chi connectivity index (χ3n) is 4.09. The second-order valence-electron chi connectivity index (χ2n) is 6.11. The number of rotatable bonds is 5. The van der Waals surface area contributed by atoms with Crippen molar-refractivity contribution in [3.63, 3.8) is 0 Å². The first-order chi connectivity index (χ1) is 13.8. The molecular formula is C21H16F3NO4. The lowest BCUT2D eigenvalue weighted by Crippen LogP contribution is -2.11. The number of esters is 1. The molecule has 0 unspecified atom stereocenters. The molecule has 0 fully saturated rings. The average molecular weight is 403 g/mol. The summed E-state index contributed by atoms with van der Waals surface area (Å²) in [4.78, 5) is 23.8. The fourth-order valence-electron chi connectivity index (χ4n) is 2.74. The Hall–Kier alpha value is -3.55. The first-order valence-corrected chi connectivity index (χ1v) is 8.51. The molecule has 0 aliphatic rings. The molecule has 0 saturated heterocycles.